The summed E-state index contributed by atoms with van der Waals surface area (Å²) in [5, 5.41) is 0. The van der Waals surface area contributed by atoms with Crippen LogP contribution in [-0.2, 0) is 14.4 Å². The molecule has 0 N–H and O–H groups in total. The molecule has 0 aliphatic carbocycles. The summed E-state index contributed by atoms with van der Waals surface area (Å²) in [7, 11) is 3.29. The van der Waals surface area contributed by atoms with Crippen LogP contribution in [0.2, 0.25) is 4.79 Å². The molecule has 0 heterocycles. The molecule has 19 heavy (non-hydrogen) atoms. The average molecular weight is 320 g/mol. The molecule has 0 rings (SSSR count). The minimum absolute atomic E-state index is 0.0793. The molecule has 0 saturated carbocycles. The Hall–Kier alpha value is -0.939. The lowest BCUT2D eigenvalue weighted by Gasteiger charge is -2.28. The Kier molecular flexibility index (Phi) is 7.87. The minimum Gasteiger partial charge on any atom is -0.378 e. The fraction of sp³-hybridized carbons (Fsp3) is 0.700. The lowest BCUT2D eigenvalue weighted by atomic mass is 10.7. The Balaban J connectivity index is 4.67. The third-order valence-corrected chi connectivity index (χ3v) is 12.4. The number of rotatable bonds is 6. The quantitative estimate of drug-likeness (QED) is 0.504. The van der Waals surface area contributed by atoms with E-state index >= 15 is 0 Å². The predicted molar refractivity (Wildman–Crippen MR) is 84.7 cm³/mol. The van der Waals surface area contributed by atoms with Gasteiger partial charge in [-0.1, -0.05) is 0 Å². The molecule has 0 atom stereocenters. The van der Waals surface area contributed by atoms with Gasteiger partial charge in [0.25, 0.3) is 0 Å². The van der Waals surface area contributed by atoms with Crippen molar-refractivity contribution in [2.24, 2.45) is 0 Å². The maximum atomic E-state index is 11.3. The van der Waals surface area contributed by atoms with Crippen molar-refractivity contribution in [3.63, 3.8) is 0 Å². The zero-order valence-electron chi connectivity index (χ0n) is 12.8. The molecule has 0 aliphatic heterocycles. The molecule has 0 aromatic carbocycles. The van der Waals surface area contributed by atoms with E-state index in [1.54, 1.807) is 20.8 Å². The Bertz CT molecular complexity index is 302. The summed E-state index contributed by atoms with van der Waals surface area (Å²) in [4.78, 5) is 34.5. The van der Waals surface area contributed by atoms with Gasteiger partial charge in [-0.2, -0.15) is 0 Å². The van der Waals surface area contributed by atoms with Crippen LogP contribution in [0.4, 0.5) is 0 Å². The van der Waals surface area contributed by atoms with E-state index in [9.17, 15) is 14.4 Å². The van der Waals surface area contributed by atoms with Crippen molar-refractivity contribution in [2.45, 2.75) is 25.6 Å². The molecule has 0 bridgehead atoms. The Morgan fingerprint density at radius 3 is 1.05 bits per heavy atom. The van der Waals surface area contributed by atoms with Gasteiger partial charge < -0.3 is 13.7 Å². The molecule has 0 saturated heterocycles. The second kappa shape index (κ2) is 8.28. The first-order valence-corrected chi connectivity index (χ1v) is 10.6. The van der Waals surface area contributed by atoms with Gasteiger partial charge >= 0.3 is 0 Å². The van der Waals surface area contributed by atoms with Gasteiger partial charge in [0.1, 0.15) is 29.0 Å². The lowest BCUT2D eigenvalue weighted by molar-refractivity contribution is -0.124. The second-order valence-electron chi connectivity index (χ2n) is 5.06. The Labute approximate surface area is 122 Å². The van der Waals surface area contributed by atoms with Crippen molar-refractivity contribution in [2.75, 3.05) is 21.1 Å². The van der Waals surface area contributed by atoms with Crippen LogP contribution < -0.4 is 0 Å². The van der Waals surface area contributed by atoms with Gasteiger partial charge in [-0.05, 0) is 25.9 Å². The monoisotopic (exact) mass is 319 g/mol. The van der Waals surface area contributed by atoms with Gasteiger partial charge in [-0.25, -0.2) is 0 Å². The summed E-state index contributed by atoms with van der Waals surface area (Å²) in [6.45, 7) is 4.70. The highest BCUT2D eigenvalue weighted by Gasteiger charge is 2.21. The van der Waals surface area contributed by atoms with E-state index in [1.807, 2.05) is 34.8 Å². The molecule has 3 amide bonds. The van der Waals surface area contributed by atoms with Crippen molar-refractivity contribution in [3.8, 4) is 0 Å². The molecule has 9 heteroatoms. The first-order valence-electron chi connectivity index (χ1n) is 6.30. The number of hydrogen-bond donors (Lipinski definition) is 0. The molecule has 110 valence electrons. The Morgan fingerprint density at radius 1 is 0.684 bits per heavy atom. The summed E-state index contributed by atoms with van der Waals surface area (Å²) in [6, 6.07) is 0. The maximum absolute atomic E-state index is 11.3. The lowest BCUT2D eigenvalue weighted by Crippen LogP contribution is -2.45. The van der Waals surface area contributed by atoms with E-state index in [0.717, 1.165) is 0 Å². The highest BCUT2D eigenvalue weighted by atomic mass is 28.3. The van der Waals surface area contributed by atoms with E-state index in [-0.39, 0.29) is 17.7 Å². The third-order valence-electron chi connectivity index (χ3n) is 3.21. The Morgan fingerprint density at radius 2 is 0.895 bits per heavy atom. The summed E-state index contributed by atoms with van der Waals surface area (Å²) in [5.74, 6) is 0.238. The molecule has 6 nitrogen and oxygen atoms in total. The van der Waals surface area contributed by atoms with E-state index in [2.05, 4.69) is 0 Å². The van der Waals surface area contributed by atoms with Crippen LogP contribution >= 0.6 is 0 Å². The van der Waals surface area contributed by atoms with Gasteiger partial charge in [0, 0.05) is 20.8 Å². The molecule has 0 radical (unpaired) electrons. The van der Waals surface area contributed by atoms with Crippen LogP contribution in [0.15, 0.2) is 0 Å². The molecule has 0 aliphatic rings. The van der Waals surface area contributed by atoms with Crippen molar-refractivity contribution in [1.29, 1.82) is 0 Å². The van der Waals surface area contributed by atoms with E-state index in [1.165, 1.54) is 0 Å². The zero-order chi connectivity index (χ0) is 15.2. The molecule has 0 spiro atoms. The molecular formula is C10H25N3O3Si3. The van der Waals surface area contributed by atoms with Gasteiger partial charge in [0.2, 0.25) is 17.7 Å². The number of hydrogen-bond acceptors (Lipinski definition) is 3. The van der Waals surface area contributed by atoms with E-state index in [4.69, 9.17) is 0 Å². The predicted octanol–water partition coefficient (Wildman–Crippen LogP) is -2.62. The first-order chi connectivity index (χ1) is 8.65. The largest absolute Gasteiger partial charge is 0.378 e. The van der Waals surface area contributed by atoms with Crippen molar-refractivity contribution in [1.82, 2.24) is 13.7 Å². The van der Waals surface area contributed by atoms with E-state index in [0.29, 0.717) is 4.79 Å². The fourth-order valence-electron chi connectivity index (χ4n) is 1.72. The highest BCUT2D eigenvalue weighted by molar-refractivity contribution is 6.75. The molecule has 0 unspecified atom stereocenters. The van der Waals surface area contributed by atoms with Gasteiger partial charge in [-0.3, -0.25) is 14.4 Å². The SMILES string of the molecule is CC(=O)N(C)[SiH2]C([SiH2]N(C)C(C)=O)[SiH2]N(C)C(C)=O. The number of carbonyl (C=O) groups excluding carboxylic acids is 3. The molecular weight excluding hydrogens is 294 g/mol. The minimum atomic E-state index is -0.728. The van der Waals surface area contributed by atoms with Crippen molar-refractivity contribution >= 4 is 46.8 Å². The maximum Gasteiger partial charge on any atom is 0.210 e. The van der Waals surface area contributed by atoms with Crippen LogP contribution in [0.25, 0.3) is 0 Å². The van der Waals surface area contributed by atoms with Crippen molar-refractivity contribution in [3.05, 3.63) is 0 Å². The van der Waals surface area contributed by atoms with Crippen LogP contribution in [0.5, 0.6) is 0 Å². The van der Waals surface area contributed by atoms with Gasteiger partial charge in [0.15, 0.2) is 0 Å². The third kappa shape index (κ3) is 7.28. The van der Waals surface area contributed by atoms with Crippen molar-refractivity contribution < 1.29 is 14.4 Å². The number of nitrogens with zero attached hydrogens (tertiary/aromatic N) is 3. The molecule has 0 aromatic heterocycles. The summed E-state index contributed by atoms with van der Waals surface area (Å²) in [5.41, 5.74) is 0. The average Bonchev–Trinajstić information content (AvgIpc) is 2.27. The van der Waals surface area contributed by atoms with Crippen LogP contribution in [0, 0.1) is 0 Å². The smallest absolute Gasteiger partial charge is 0.210 e. The van der Waals surface area contributed by atoms with Crippen LogP contribution in [0.1, 0.15) is 20.8 Å². The molecule has 0 fully saturated rings. The van der Waals surface area contributed by atoms with Crippen LogP contribution in [-0.4, -0.2) is 81.6 Å². The number of carbonyl (C=O) groups is 3. The van der Waals surface area contributed by atoms with Gasteiger partial charge in [-0.15, -0.1) is 0 Å². The standard InChI is InChI=1S/C10H25N3O3Si3/c1-7(14)11(4)17-10(18-12(5)8(2)15)19-13(6)9(3)16/h10H,17-19H2,1-6H3. The highest BCUT2D eigenvalue weighted by Crippen LogP contribution is 2.05. The molecule has 0 aromatic rings. The normalized spacial score (nSPS) is 13.6. The fourth-order valence-corrected chi connectivity index (χ4v) is 13.2. The summed E-state index contributed by atoms with van der Waals surface area (Å²) in [6.07, 6.45) is 0. The second-order valence-corrected chi connectivity index (χ2v) is 15.9. The summed E-state index contributed by atoms with van der Waals surface area (Å²) >= 11 is 0. The first kappa shape index (κ1) is 18.1. The van der Waals surface area contributed by atoms with E-state index < -0.39 is 29.0 Å². The number of amides is 3. The zero-order valence-corrected chi connectivity index (χ0v) is 17.0. The summed E-state index contributed by atoms with van der Waals surface area (Å²) < 4.78 is 5.44. The van der Waals surface area contributed by atoms with Crippen LogP contribution in [0.3, 0.4) is 0 Å². The topological polar surface area (TPSA) is 60.9 Å². The van der Waals surface area contributed by atoms with Gasteiger partial charge in [0.05, 0.1) is 0 Å².